The molecule has 0 saturated carbocycles. The van der Waals surface area contributed by atoms with Crippen molar-refractivity contribution in [3.05, 3.63) is 19.4 Å². The van der Waals surface area contributed by atoms with E-state index >= 15 is 0 Å². The number of carbonyl (C=O) groups is 2. The molecule has 4 nitrogen and oxygen atoms in total. The van der Waals surface area contributed by atoms with E-state index in [1.807, 2.05) is 11.3 Å². The van der Waals surface area contributed by atoms with Crippen molar-refractivity contribution < 1.29 is 9.59 Å². The van der Waals surface area contributed by atoms with Gasteiger partial charge in [0.05, 0.1) is 8.93 Å². The number of aryl methyl sites for hydroxylation is 1. The highest BCUT2D eigenvalue weighted by molar-refractivity contribution is 14.1. The molecule has 2 atom stereocenters. The van der Waals surface area contributed by atoms with Crippen LogP contribution in [0.4, 0.5) is 0 Å². The number of thiophene rings is 1. The Morgan fingerprint density at radius 3 is 2.89 bits per heavy atom. The van der Waals surface area contributed by atoms with Gasteiger partial charge in [0, 0.05) is 17.3 Å². The first-order valence-corrected chi connectivity index (χ1v) is 8.41. The molecule has 102 valence electrons. The summed E-state index contributed by atoms with van der Waals surface area (Å²) in [6, 6.07) is 2.25. The van der Waals surface area contributed by atoms with E-state index in [2.05, 4.69) is 39.3 Å². The lowest BCUT2D eigenvalue weighted by Gasteiger charge is -2.30. The maximum absolute atomic E-state index is 11.8. The summed E-state index contributed by atoms with van der Waals surface area (Å²) >= 11 is 4.20. The first-order chi connectivity index (χ1) is 9.13. The van der Waals surface area contributed by atoms with Crippen molar-refractivity contribution >= 4 is 45.7 Å². The summed E-state index contributed by atoms with van der Waals surface area (Å²) in [7, 11) is 0. The number of nitrogens with one attached hydrogen (secondary N) is 2. The van der Waals surface area contributed by atoms with Crippen molar-refractivity contribution in [2.24, 2.45) is 0 Å². The lowest BCUT2D eigenvalue weighted by molar-refractivity contribution is -0.134. The molecule has 1 aliphatic heterocycles. The number of piperidine rings is 1. The van der Waals surface area contributed by atoms with Gasteiger partial charge in [0.2, 0.25) is 11.8 Å². The molecule has 0 aromatic carbocycles. The zero-order chi connectivity index (χ0) is 13.4. The van der Waals surface area contributed by atoms with Gasteiger partial charge in [0.1, 0.15) is 0 Å². The molecule has 6 heteroatoms. The molecule has 3 rings (SSSR count). The fraction of sp³-hybridized carbons (Fsp3) is 0.538. The molecular weight excluding hydrogens is 375 g/mol. The predicted molar refractivity (Wildman–Crippen MR) is 82.0 cm³/mol. The molecule has 0 radical (unpaired) electrons. The molecule has 2 N–H and O–H groups in total. The summed E-state index contributed by atoms with van der Waals surface area (Å²) in [5, 5.41) is 5.85. The fourth-order valence-electron chi connectivity index (χ4n) is 2.79. The van der Waals surface area contributed by atoms with E-state index in [0.29, 0.717) is 12.8 Å². The summed E-state index contributed by atoms with van der Waals surface area (Å²) in [6.07, 6.45) is 4.42. The number of carbonyl (C=O) groups excluding carboxylic acids is 2. The van der Waals surface area contributed by atoms with E-state index < -0.39 is 0 Å². The number of imide groups is 1. The highest BCUT2D eigenvalue weighted by Crippen LogP contribution is 2.36. The number of amides is 2. The van der Waals surface area contributed by atoms with Crippen LogP contribution in [0.2, 0.25) is 0 Å². The Hall–Kier alpha value is -0.470. The summed E-state index contributed by atoms with van der Waals surface area (Å²) in [5.41, 5.74) is 1.35. The third kappa shape index (κ3) is 2.85. The molecule has 1 aromatic heterocycles. The van der Waals surface area contributed by atoms with Gasteiger partial charge in [0.15, 0.2) is 0 Å². The minimum atomic E-state index is -0.230. The first kappa shape index (κ1) is 13.5. The topological polar surface area (TPSA) is 58.2 Å². The van der Waals surface area contributed by atoms with Crippen LogP contribution in [0.3, 0.4) is 0 Å². The molecule has 2 heterocycles. The van der Waals surface area contributed by atoms with E-state index in [4.69, 9.17) is 0 Å². The SMILES string of the molecule is O=C1CCC(NC2CCCc3sc(I)cc32)C(=O)N1. The lowest BCUT2D eigenvalue weighted by atomic mass is 9.92. The summed E-state index contributed by atoms with van der Waals surface area (Å²) in [5.74, 6) is -0.328. The third-order valence-electron chi connectivity index (χ3n) is 3.73. The van der Waals surface area contributed by atoms with Crippen LogP contribution in [-0.2, 0) is 16.0 Å². The molecular formula is C13H15IN2O2S. The monoisotopic (exact) mass is 390 g/mol. The van der Waals surface area contributed by atoms with Gasteiger partial charge in [-0.3, -0.25) is 20.2 Å². The second-order valence-corrected chi connectivity index (χ2v) is 8.08. The molecule has 1 aliphatic carbocycles. The van der Waals surface area contributed by atoms with E-state index in [-0.39, 0.29) is 23.9 Å². The molecule has 1 saturated heterocycles. The Kier molecular flexibility index (Phi) is 3.91. The van der Waals surface area contributed by atoms with Crippen LogP contribution < -0.4 is 10.6 Å². The van der Waals surface area contributed by atoms with Crippen LogP contribution >= 0.6 is 33.9 Å². The van der Waals surface area contributed by atoms with Crippen LogP contribution in [0.5, 0.6) is 0 Å². The minimum absolute atomic E-state index is 0.155. The standard InChI is InChI=1S/C13H15IN2O2S/c14-11-6-7-8(2-1-3-10(7)19-11)15-9-4-5-12(17)16-13(9)18/h6,8-9,15H,1-5H2,(H,16,17,18). The van der Waals surface area contributed by atoms with Crippen LogP contribution in [0.15, 0.2) is 6.07 Å². The molecule has 2 aliphatic rings. The molecule has 19 heavy (non-hydrogen) atoms. The average molecular weight is 390 g/mol. The van der Waals surface area contributed by atoms with Gasteiger partial charge in [-0.05, 0) is 59.9 Å². The van der Waals surface area contributed by atoms with Gasteiger partial charge in [-0.25, -0.2) is 0 Å². The smallest absolute Gasteiger partial charge is 0.243 e. The van der Waals surface area contributed by atoms with Crippen molar-refractivity contribution in [3.8, 4) is 0 Å². The Labute approximate surface area is 129 Å². The summed E-state index contributed by atoms with van der Waals surface area (Å²) in [4.78, 5) is 24.4. The van der Waals surface area contributed by atoms with Gasteiger partial charge < -0.3 is 0 Å². The molecule has 1 aromatic rings. The predicted octanol–water partition coefficient (Wildman–Crippen LogP) is 2.12. The number of hydrogen-bond donors (Lipinski definition) is 2. The number of rotatable bonds is 2. The van der Waals surface area contributed by atoms with Crippen molar-refractivity contribution in [1.29, 1.82) is 0 Å². The molecule has 1 fully saturated rings. The summed E-state index contributed by atoms with van der Waals surface area (Å²) < 4.78 is 1.31. The largest absolute Gasteiger partial charge is 0.299 e. The quantitative estimate of drug-likeness (QED) is 0.601. The van der Waals surface area contributed by atoms with Crippen molar-refractivity contribution in [3.63, 3.8) is 0 Å². The molecule has 0 bridgehead atoms. The van der Waals surface area contributed by atoms with Gasteiger partial charge >= 0.3 is 0 Å². The Morgan fingerprint density at radius 1 is 1.26 bits per heavy atom. The second-order valence-electron chi connectivity index (χ2n) is 5.04. The first-order valence-electron chi connectivity index (χ1n) is 6.51. The highest BCUT2D eigenvalue weighted by Gasteiger charge is 2.31. The number of fused-ring (bicyclic) bond motifs is 1. The molecule has 0 spiro atoms. The highest BCUT2D eigenvalue weighted by atomic mass is 127. The maximum Gasteiger partial charge on any atom is 0.243 e. The van der Waals surface area contributed by atoms with Gasteiger partial charge in [-0.2, -0.15) is 0 Å². The lowest BCUT2D eigenvalue weighted by Crippen LogP contribution is -2.51. The number of halogens is 1. The van der Waals surface area contributed by atoms with Crippen LogP contribution in [0, 0.1) is 2.88 Å². The van der Waals surface area contributed by atoms with Crippen LogP contribution in [-0.4, -0.2) is 17.9 Å². The van der Waals surface area contributed by atoms with Crippen molar-refractivity contribution in [2.45, 2.75) is 44.2 Å². The van der Waals surface area contributed by atoms with Gasteiger partial charge in [-0.15, -0.1) is 11.3 Å². The van der Waals surface area contributed by atoms with E-state index in [1.54, 1.807) is 0 Å². The van der Waals surface area contributed by atoms with E-state index in [0.717, 1.165) is 19.3 Å². The Morgan fingerprint density at radius 2 is 2.11 bits per heavy atom. The zero-order valence-electron chi connectivity index (χ0n) is 10.4. The Bertz CT molecular complexity index is 529. The maximum atomic E-state index is 11.8. The second kappa shape index (κ2) is 5.49. The molecule has 2 unspecified atom stereocenters. The normalized spacial score (nSPS) is 27.0. The molecule has 2 amide bonds. The van der Waals surface area contributed by atoms with Crippen LogP contribution in [0.1, 0.15) is 42.2 Å². The summed E-state index contributed by atoms with van der Waals surface area (Å²) in [6.45, 7) is 0. The van der Waals surface area contributed by atoms with Crippen LogP contribution in [0.25, 0.3) is 0 Å². The van der Waals surface area contributed by atoms with E-state index in [9.17, 15) is 9.59 Å². The van der Waals surface area contributed by atoms with Crippen molar-refractivity contribution in [2.75, 3.05) is 0 Å². The van der Waals surface area contributed by atoms with E-state index in [1.165, 1.54) is 13.3 Å². The van der Waals surface area contributed by atoms with Gasteiger partial charge in [-0.1, -0.05) is 0 Å². The third-order valence-corrected chi connectivity index (χ3v) is 5.70. The van der Waals surface area contributed by atoms with Gasteiger partial charge in [0.25, 0.3) is 0 Å². The zero-order valence-corrected chi connectivity index (χ0v) is 13.3. The Balaban J connectivity index is 1.74. The minimum Gasteiger partial charge on any atom is -0.299 e. The number of hydrogen-bond acceptors (Lipinski definition) is 4. The van der Waals surface area contributed by atoms with Crippen molar-refractivity contribution in [1.82, 2.24) is 10.6 Å². The fourth-order valence-corrected chi connectivity index (χ4v) is 4.91. The average Bonchev–Trinajstić information content (AvgIpc) is 2.74.